The van der Waals surface area contributed by atoms with Crippen molar-refractivity contribution in [1.29, 1.82) is 0 Å². The smallest absolute Gasteiger partial charge is 0.198 e. The zero-order valence-electron chi connectivity index (χ0n) is 15.6. The van der Waals surface area contributed by atoms with E-state index in [1.165, 1.54) is 0 Å². The molecule has 0 N–H and O–H groups in total. The summed E-state index contributed by atoms with van der Waals surface area (Å²) in [4.78, 5) is 0. The zero-order valence-corrected chi connectivity index (χ0v) is 17.2. The van der Waals surface area contributed by atoms with Crippen LogP contribution in [0.5, 0.6) is 11.5 Å². The molecule has 1 aromatic heterocycles. The number of hydrogen-bond donors (Lipinski definition) is 0. The fourth-order valence-electron chi connectivity index (χ4n) is 4.60. The maximum Gasteiger partial charge on any atom is 0.198 e. The highest BCUT2D eigenvalue weighted by Crippen LogP contribution is 2.55. The van der Waals surface area contributed by atoms with Crippen molar-refractivity contribution in [3.8, 4) is 11.5 Å². The van der Waals surface area contributed by atoms with Crippen LogP contribution >= 0.6 is 15.9 Å². The zero-order chi connectivity index (χ0) is 18.6. The lowest BCUT2D eigenvalue weighted by Crippen LogP contribution is -2.55. The fraction of sp³-hybridized carbons (Fsp3) is 0.476. The van der Waals surface area contributed by atoms with Crippen LogP contribution in [0.2, 0.25) is 0 Å². The van der Waals surface area contributed by atoms with Gasteiger partial charge in [-0.3, -0.25) is 0 Å². The van der Waals surface area contributed by atoms with Gasteiger partial charge in [0.1, 0.15) is 11.5 Å². The lowest BCUT2D eigenvalue weighted by molar-refractivity contribution is -0.146. The van der Waals surface area contributed by atoms with Gasteiger partial charge in [0.2, 0.25) is 0 Å². The van der Waals surface area contributed by atoms with Crippen LogP contribution in [0.1, 0.15) is 56.4 Å². The maximum atomic E-state index is 6.71. The van der Waals surface area contributed by atoms with Gasteiger partial charge in [-0.25, -0.2) is 5.01 Å². The number of benzene rings is 1. The minimum Gasteiger partial charge on any atom is -0.493 e. The van der Waals surface area contributed by atoms with Gasteiger partial charge in [0.25, 0.3) is 0 Å². The van der Waals surface area contributed by atoms with Crippen LogP contribution in [-0.4, -0.2) is 23.6 Å². The predicted molar refractivity (Wildman–Crippen MR) is 106 cm³/mol. The predicted octanol–water partition coefficient (Wildman–Crippen LogP) is 5.50. The molecule has 0 radical (unpaired) electrons. The molecular weight excluding hydrogens is 408 g/mol. The van der Waals surface area contributed by atoms with Gasteiger partial charge in [-0.1, -0.05) is 22.9 Å². The van der Waals surface area contributed by atoms with Gasteiger partial charge in [-0.05, 0) is 43.0 Å². The molecule has 1 aromatic carbocycles. The summed E-state index contributed by atoms with van der Waals surface area (Å²) in [7, 11) is 1.70. The number of ether oxygens (including phenoxy) is 2. The number of fused-ring (bicyclic) bond motifs is 4. The van der Waals surface area contributed by atoms with E-state index in [-0.39, 0.29) is 6.04 Å². The van der Waals surface area contributed by atoms with Crippen molar-refractivity contribution in [2.24, 2.45) is 11.0 Å². The molecule has 0 amide bonds. The Balaban J connectivity index is 1.63. The Bertz CT molecular complexity index is 885. The number of furan rings is 1. The van der Waals surface area contributed by atoms with Crippen LogP contribution in [0.4, 0.5) is 0 Å². The summed E-state index contributed by atoms with van der Waals surface area (Å²) >= 11 is 3.62. The highest BCUT2D eigenvalue weighted by molar-refractivity contribution is 9.10. The van der Waals surface area contributed by atoms with Crippen LogP contribution in [0.25, 0.3) is 0 Å². The molecule has 2 aliphatic heterocycles. The molecule has 27 heavy (non-hydrogen) atoms. The van der Waals surface area contributed by atoms with E-state index in [1.807, 2.05) is 18.2 Å². The Hall–Kier alpha value is -1.95. The van der Waals surface area contributed by atoms with E-state index in [0.717, 1.165) is 71.0 Å². The number of nitrogens with zero attached hydrogens (tertiary/aromatic N) is 2. The number of hydrogen-bond acceptors (Lipinski definition) is 5. The molecule has 1 atom stereocenters. The van der Waals surface area contributed by atoms with Crippen LogP contribution in [0.3, 0.4) is 0 Å². The summed E-state index contributed by atoms with van der Waals surface area (Å²) in [6, 6.07) is 8.15. The second kappa shape index (κ2) is 6.30. The second-order valence-electron chi connectivity index (χ2n) is 7.85. The Morgan fingerprint density at radius 3 is 2.81 bits per heavy atom. The lowest BCUT2D eigenvalue weighted by Gasteiger charge is -2.50. The highest BCUT2D eigenvalue weighted by atomic mass is 79.9. The fourth-order valence-corrected chi connectivity index (χ4v) is 5.05. The number of halogens is 1. The maximum absolute atomic E-state index is 6.71. The minimum atomic E-state index is -0.403. The van der Waals surface area contributed by atoms with E-state index in [0.29, 0.717) is 0 Å². The number of rotatable bonds is 2. The average Bonchev–Trinajstić information content (AvgIpc) is 3.34. The van der Waals surface area contributed by atoms with Gasteiger partial charge >= 0.3 is 0 Å². The van der Waals surface area contributed by atoms with Crippen molar-refractivity contribution in [1.82, 2.24) is 5.01 Å². The van der Waals surface area contributed by atoms with E-state index >= 15 is 0 Å². The number of hydrazone groups is 1. The molecule has 5 nitrogen and oxygen atoms in total. The molecule has 2 aromatic rings. The van der Waals surface area contributed by atoms with E-state index in [1.54, 1.807) is 13.4 Å². The van der Waals surface area contributed by atoms with Gasteiger partial charge < -0.3 is 13.9 Å². The SMILES string of the molecule is COc1cc(Br)cc2c1OC1(CCC(C)CC1)N1N=C(c3ccco3)C[C@H]21. The third-order valence-electron chi connectivity index (χ3n) is 6.11. The largest absolute Gasteiger partial charge is 0.493 e. The molecule has 1 saturated carbocycles. The van der Waals surface area contributed by atoms with E-state index in [2.05, 4.69) is 33.9 Å². The molecule has 1 spiro atoms. The third-order valence-corrected chi connectivity index (χ3v) is 6.57. The topological polar surface area (TPSA) is 47.2 Å². The normalized spacial score (nSPS) is 29.1. The molecule has 5 rings (SSSR count). The lowest BCUT2D eigenvalue weighted by atomic mass is 9.82. The molecule has 3 aliphatic rings. The van der Waals surface area contributed by atoms with Crippen LogP contribution < -0.4 is 9.47 Å². The standard InChI is InChI=1S/C21H23BrN2O3/c1-13-5-7-21(8-6-13)24-17(12-16(23-24)18-4-3-9-26-18)15-10-14(22)11-19(25-2)20(15)27-21/h3-4,9-11,13,17H,5-8,12H2,1-2H3/t13?,17-,21?/m1/s1. The first-order chi connectivity index (χ1) is 13.1. The second-order valence-corrected chi connectivity index (χ2v) is 8.76. The van der Waals surface area contributed by atoms with Gasteiger partial charge in [0.15, 0.2) is 17.2 Å². The Morgan fingerprint density at radius 1 is 1.30 bits per heavy atom. The Kier molecular flexibility index (Phi) is 4.00. The average molecular weight is 431 g/mol. The monoisotopic (exact) mass is 430 g/mol. The quantitative estimate of drug-likeness (QED) is 0.630. The molecule has 0 unspecified atom stereocenters. The van der Waals surface area contributed by atoms with E-state index in [4.69, 9.17) is 19.0 Å². The highest BCUT2D eigenvalue weighted by Gasteiger charge is 2.52. The molecule has 142 valence electrons. The van der Waals surface area contributed by atoms with Crippen LogP contribution in [-0.2, 0) is 0 Å². The Morgan fingerprint density at radius 2 is 2.11 bits per heavy atom. The van der Waals surface area contributed by atoms with E-state index < -0.39 is 5.72 Å². The van der Waals surface area contributed by atoms with Gasteiger partial charge in [0, 0.05) is 29.3 Å². The summed E-state index contributed by atoms with van der Waals surface area (Å²) < 4.78 is 19.0. The summed E-state index contributed by atoms with van der Waals surface area (Å²) in [5.41, 5.74) is 1.70. The van der Waals surface area contributed by atoms with Crippen molar-refractivity contribution in [3.63, 3.8) is 0 Å². The van der Waals surface area contributed by atoms with Crippen molar-refractivity contribution in [3.05, 3.63) is 46.3 Å². The van der Waals surface area contributed by atoms with E-state index in [9.17, 15) is 0 Å². The molecule has 6 heteroatoms. The van der Waals surface area contributed by atoms with Crippen molar-refractivity contribution in [2.75, 3.05) is 7.11 Å². The molecule has 1 fully saturated rings. The first-order valence-corrected chi connectivity index (χ1v) is 10.4. The van der Waals surface area contributed by atoms with Gasteiger partial charge in [0.05, 0.1) is 19.4 Å². The van der Waals surface area contributed by atoms with Gasteiger partial charge in [-0.15, -0.1) is 0 Å². The van der Waals surface area contributed by atoms with Crippen molar-refractivity contribution in [2.45, 2.75) is 50.8 Å². The summed E-state index contributed by atoms with van der Waals surface area (Å²) in [6.07, 6.45) is 6.74. The first kappa shape index (κ1) is 17.2. The summed E-state index contributed by atoms with van der Waals surface area (Å²) in [6.45, 7) is 2.32. The van der Waals surface area contributed by atoms with Gasteiger partial charge in [-0.2, -0.15) is 5.10 Å². The summed E-state index contributed by atoms with van der Waals surface area (Å²) in [5, 5.41) is 7.23. The first-order valence-electron chi connectivity index (χ1n) is 9.57. The molecule has 0 saturated heterocycles. The minimum absolute atomic E-state index is 0.133. The van der Waals surface area contributed by atoms with Crippen LogP contribution in [0.15, 0.2) is 44.5 Å². The summed E-state index contributed by atoms with van der Waals surface area (Å²) in [5.74, 6) is 3.21. The molecule has 1 aliphatic carbocycles. The molecule has 0 bridgehead atoms. The molecule has 3 heterocycles. The van der Waals surface area contributed by atoms with Crippen molar-refractivity contribution < 1.29 is 13.9 Å². The van der Waals surface area contributed by atoms with Crippen LogP contribution in [0, 0.1) is 5.92 Å². The number of methoxy groups -OCH3 is 1. The van der Waals surface area contributed by atoms with Crippen molar-refractivity contribution >= 4 is 21.6 Å². The Labute approximate surface area is 167 Å². The third kappa shape index (κ3) is 2.68. The molecular formula is C21H23BrN2O3.